The lowest BCUT2D eigenvalue weighted by Crippen LogP contribution is -2.45. The van der Waals surface area contributed by atoms with Crippen molar-refractivity contribution in [1.82, 2.24) is 4.90 Å². The Kier molecular flexibility index (Phi) is 4.77. The quantitative estimate of drug-likeness (QED) is 0.837. The molecular weight excluding hydrogens is 245 g/mol. The van der Waals surface area contributed by atoms with Crippen LogP contribution in [0.25, 0.3) is 0 Å². The van der Waals surface area contributed by atoms with Gasteiger partial charge in [0, 0.05) is 12.6 Å². The summed E-state index contributed by atoms with van der Waals surface area (Å²) in [6.07, 6.45) is 4.24. The van der Waals surface area contributed by atoms with Gasteiger partial charge in [-0.3, -0.25) is 4.79 Å². The van der Waals surface area contributed by atoms with Crippen LogP contribution >= 0.6 is 0 Å². The zero-order valence-corrected chi connectivity index (χ0v) is 11.3. The fourth-order valence-corrected chi connectivity index (χ4v) is 2.54. The SMILES string of the molecule is CCC1CCCCN1C(=O)COc1ccccc1F. The standard InChI is InChI=1S/C15H20FNO2/c1-2-12-7-5-6-10-17(12)15(18)11-19-14-9-4-3-8-13(14)16/h3-4,8-9,12H,2,5-7,10-11H2,1H3. The van der Waals surface area contributed by atoms with Crippen LogP contribution in [0.15, 0.2) is 24.3 Å². The molecule has 2 rings (SSSR count). The van der Waals surface area contributed by atoms with Crippen LogP contribution < -0.4 is 4.74 Å². The van der Waals surface area contributed by atoms with E-state index in [4.69, 9.17) is 4.74 Å². The highest BCUT2D eigenvalue weighted by Gasteiger charge is 2.25. The molecule has 19 heavy (non-hydrogen) atoms. The molecule has 104 valence electrons. The number of carbonyl (C=O) groups excluding carboxylic acids is 1. The zero-order chi connectivity index (χ0) is 13.7. The number of halogens is 1. The molecule has 0 bridgehead atoms. The van der Waals surface area contributed by atoms with Gasteiger partial charge in [0.15, 0.2) is 18.2 Å². The number of ether oxygens (including phenoxy) is 1. The maximum absolute atomic E-state index is 13.4. The van der Waals surface area contributed by atoms with Crippen LogP contribution in [0.2, 0.25) is 0 Å². The summed E-state index contributed by atoms with van der Waals surface area (Å²) in [4.78, 5) is 14.0. The van der Waals surface area contributed by atoms with Crippen molar-refractivity contribution in [2.75, 3.05) is 13.2 Å². The zero-order valence-electron chi connectivity index (χ0n) is 11.3. The molecule has 1 aliphatic rings. The highest BCUT2D eigenvalue weighted by Crippen LogP contribution is 2.20. The van der Waals surface area contributed by atoms with Gasteiger partial charge in [-0.15, -0.1) is 0 Å². The van der Waals surface area contributed by atoms with Gasteiger partial charge in [0.25, 0.3) is 5.91 Å². The summed E-state index contributed by atoms with van der Waals surface area (Å²) in [7, 11) is 0. The fraction of sp³-hybridized carbons (Fsp3) is 0.533. The number of likely N-dealkylation sites (tertiary alicyclic amines) is 1. The van der Waals surface area contributed by atoms with Crippen molar-refractivity contribution in [2.45, 2.75) is 38.6 Å². The first kappa shape index (κ1) is 13.8. The van der Waals surface area contributed by atoms with Crippen LogP contribution in [0.3, 0.4) is 0 Å². The first-order valence-electron chi connectivity index (χ1n) is 6.89. The third kappa shape index (κ3) is 3.46. The minimum Gasteiger partial charge on any atom is -0.481 e. The van der Waals surface area contributed by atoms with Gasteiger partial charge in [-0.1, -0.05) is 19.1 Å². The summed E-state index contributed by atoms with van der Waals surface area (Å²) >= 11 is 0. The number of piperidine rings is 1. The summed E-state index contributed by atoms with van der Waals surface area (Å²) in [6.45, 7) is 2.80. The third-order valence-corrected chi connectivity index (χ3v) is 3.61. The van der Waals surface area contributed by atoms with E-state index in [2.05, 4.69) is 6.92 Å². The molecule has 1 unspecified atom stereocenters. The molecule has 1 amide bonds. The number of benzene rings is 1. The first-order valence-corrected chi connectivity index (χ1v) is 6.89. The Bertz CT molecular complexity index is 436. The number of rotatable bonds is 4. The molecule has 1 aromatic carbocycles. The molecule has 0 aromatic heterocycles. The summed E-state index contributed by atoms with van der Waals surface area (Å²) in [6, 6.07) is 6.47. The second-order valence-electron chi connectivity index (χ2n) is 4.86. The number of carbonyl (C=O) groups is 1. The van der Waals surface area contributed by atoms with Crippen LogP contribution in [-0.2, 0) is 4.79 Å². The average Bonchev–Trinajstić information content (AvgIpc) is 2.46. The van der Waals surface area contributed by atoms with Crippen LogP contribution in [0.5, 0.6) is 5.75 Å². The van der Waals surface area contributed by atoms with E-state index in [1.807, 2.05) is 4.90 Å². The maximum atomic E-state index is 13.4. The normalized spacial score (nSPS) is 19.3. The van der Waals surface area contributed by atoms with Crippen LogP contribution in [-0.4, -0.2) is 30.0 Å². The Labute approximate surface area is 113 Å². The summed E-state index contributed by atoms with van der Waals surface area (Å²) in [5.74, 6) is -0.336. The summed E-state index contributed by atoms with van der Waals surface area (Å²) in [5.41, 5.74) is 0. The molecule has 1 atom stereocenters. The van der Waals surface area contributed by atoms with Crippen LogP contribution in [0.1, 0.15) is 32.6 Å². The second kappa shape index (κ2) is 6.55. The second-order valence-corrected chi connectivity index (χ2v) is 4.86. The molecule has 1 saturated heterocycles. The molecule has 1 aliphatic heterocycles. The van der Waals surface area contributed by atoms with Gasteiger partial charge in [0.05, 0.1) is 0 Å². The van der Waals surface area contributed by atoms with Gasteiger partial charge in [-0.2, -0.15) is 0 Å². The molecule has 1 aromatic rings. The fourth-order valence-electron chi connectivity index (χ4n) is 2.54. The minimum absolute atomic E-state index is 0.0465. The Hall–Kier alpha value is -1.58. The van der Waals surface area contributed by atoms with E-state index in [1.165, 1.54) is 18.6 Å². The Morgan fingerprint density at radius 2 is 2.21 bits per heavy atom. The predicted octanol–water partition coefficient (Wildman–Crippen LogP) is 3.00. The minimum atomic E-state index is -0.430. The van der Waals surface area contributed by atoms with Crippen molar-refractivity contribution in [3.05, 3.63) is 30.1 Å². The van der Waals surface area contributed by atoms with Crippen molar-refractivity contribution in [3.8, 4) is 5.75 Å². The van der Waals surface area contributed by atoms with Crippen molar-refractivity contribution < 1.29 is 13.9 Å². The molecular formula is C15H20FNO2. The van der Waals surface area contributed by atoms with E-state index >= 15 is 0 Å². The van der Waals surface area contributed by atoms with E-state index in [0.29, 0.717) is 6.04 Å². The van der Waals surface area contributed by atoms with E-state index in [1.54, 1.807) is 12.1 Å². The van der Waals surface area contributed by atoms with Crippen molar-refractivity contribution >= 4 is 5.91 Å². The number of amides is 1. The Balaban J connectivity index is 1.92. The van der Waals surface area contributed by atoms with Gasteiger partial charge in [0.1, 0.15) is 0 Å². The molecule has 0 aliphatic carbocycles. The van der Waals surface area contributed by atoms with Gasteiger partial charge >= 0.3 is 0 Å². The van der Waals surface area contributed by atoms with E-state index < -0.39 is 5.82 Å². The Morgan fingerprint density at radius 3 is 2.95 bits per heavy atom. The van der Waals surface area contributed by atoms with Gasteiger partial charge in [0.2, 0.25) is 0 Å². The molecule has 3 nitrogen and oxygen atoms in total. The predicted molar refractivity (Wildman–Crippen MR) is 71.5 cm³/mol. The van der Waals surface area contributed by atoms with E-state index in [-0.39, 0.29) is 18.3 Å². The molecule has 0 N–H and O–H groups in total. The van der Waals surface area contributed by atoms with Crippen molar-refractivity contribution in [2.24, 2.45) is 0 Å². The molecule has 0 spiro atoms. The lowest BCUT2D eigenvalue weighted by Gasteiger charge is -2.35. The molecule has 0 saturated carbocycles. The van der Waals surface area contributed by atoms with Crippen molar-refractivity contribution in [3.63, 3.8) is 0 Å². The lowest BCUT2D eigenvalue weighted by molar-refractivity contribution is -0.137. The van der Waals surface area contributed by atoms with Crippen LogP contribution in [0, 0.1) is 5.82 Å². The third-order valence-electron chi connectivity index (χ3n) is 3.61. The lowest BCUT2D eigenvalue weighted by atomic mass is 10.00. The highest BCUT2D eigenvalue weighted by atomic mass is 19.1. The number of hydrogen-bond donors (Lipinski definition) is 0. The smallest absolute Gasteiger partial charge is 0.260 e. The number of hydrogen-bond acceptors (Lipinski definition) is 2. The van der Waals surface area contributed by atoms with E-state index in [9.17, 15) is 9.18 Å². The molecule has 1 heterocycles. The summed E-state index contributed by atoms with van der Waals surface area (Å²) in [5, 5.41) is 0. The van der Waals surface area contributed by atoms with Gasteiger partial charge in [-0.05, 0) is 37.8 Å². The van der Waals surface area contributed by atoms with E-state index in [0.717, 1.165) is 25.8 Å². The average molecular weight is 265 g/mol. The van der Waals surface area contributed by atoms with Gasteiger partial charge in [-0.25, -0.2) is 4.39 Å². The van der Waals surface area contributed by atoms with Crippen molar-refractivity contribution in [1.29, 1.82) is 0 Å². The Morgan fingerprint density at radius 1 is 1.42 bits per heavy atom. The maximum Gasteiger partial charge on any atom is 0.260 e. The largest absolute Gasteiger partial charge is 0.481 e. The molecule has 4 heteroatoms. The monoisotopic (exact) mass is 265 g/mol. The highest BCUT2D eigenvalue weighted by molar-refractivity contribution is 5.78. The molecule has 0 radical (unpaired) electrons. The summed E-state index contributed by atoms with van der Waals surface area (Å²) < 4.78 is 18.7. The first-order chi connectivity index (χ1) is 9.22. The number of nitrogens with zero attached hydrogens (tertiary/aromatic N) is 1. The van der Waals surface area contributed by atoms with Gasteiger partial charge < -0.3 is 9.64 Å². The topological polar surface area (TPSA) is 29.5 Å². The molecule has 1 fully saturated rings. The van der Waals surface area contributed by atoms with Crippen LogP contribution in [0.4, 0.5) is 4.39 Å². The number of para-hydroxylation sites is 1.